The van der Waals surface area contributed by atoms with Crippen LogP contribution in [0.5, 0.6) is 0 Å². The molecule has 0 bridgehead atoms. The predicted molar refractivity (Wildman–Crippen MR) is 73.6 cm³/mol. The number of hydrogen-bond acceptors (Lipinski definition) is 4. The fraction of sp³-hybridized carbons (Fsp3) is 0.250. The van der Waals surface area contributed by atoms with Gasteiger partial charge in [-0.3, -0.25) is 14.9 Å². The van der Waals surface area contributed by atoms with E-state index in [0.29, 0.717) is 11.1 Å². The van der Waals surface area contributed by atoms with E-state index in [9.17, 15) is 14.9 Å². The lowest BCUT2D eigenvalue weighted by Gasteiger charge is -2.10. The van der Waals surface area contributed by atoms with E-state index in [1.807, 2.05) is 0 Å². The Labute approximate surface area is 113 Å². The fourth-order valence-electron chi connectivity index (χ4n) is 1.48. The molecule has 0 spiro atoms. The second-order valence-corrected chi connectivity index (χ2v) is 4.40. The average Bonchev–Trinajstić information content (AvgIpc) is 2.34. The van der Waals surface area contributed by atoms with Gasteiger partial charge in [-0.25, -0.2) is 0 Å². The number of halogens is 1. The van der Waals surface area contributed by atoms with Crippen LogP contribution in [0.1, 0.15) is 5.56 Å². The molecular formula is C12H13BrN2O3. The monoisotopic (exact) mass is 312 g/mol. The van der Waals surface area contributed by atoms with Crippen molar-refractivity contribution < 1.29 is 9.72 Å². The lowest BCUT2D eigenvalue weighted by atomic mass is 10.0. The Kier molecular flexibility index (Phi) is 5.03. The Bertz CT molecular complexity index is 498. The Morgan fingerprint density at radius 2 is 2.06 bits per heavy atom. The molecule has 0 fully saturated rings. The van der Waals surface area contributed by atoms with Gasteiger partial charge in [0.05, 0.1) is 15.8 Å². The summed E-state index contributed by atoms with van der Waals surface area (Å²) in [6, 6.07) is 6.22. The van der Waals surface area contributed by atoms with E-state index in [0.717, 1.165) is 0 Å². The molecule has 0 aliphatic rings. The quantitative estimate of drug-likeness (QED) is 0.362. The molecule has 0 saturated carbocycles. The number of carbonyl (C=O) groups excluding carboxylic acids is 1. The number of nitrogens with zero attached hydrogens (tertiary/aromatic N) is 2. The minimum absolute atomic E-state index is 0.0695. The number of ketones is 1. The Morgan fingerprint density at radius 1 is 1.44 bits per heavy atom. The molecule has 0 saturated heterocycles. The average molecular weight is 313 g/mol. The molecule has 0 heterocycles. The van der Waals surface area contributed by atoms with Gasteiger partial charge in [0.15, 0.2) is 5.78 Å². The van der Waals surface area contributed by atoms with Gasteiger partial charge in [-0.2, -0.15) is 0 Å². The van der Waals surface area contributed by atoms with Gasteiger partial charge < -0.3 is 4.90 Å². The van der Waals surface area contributed by atoms with Crippen LogP contribution < -0.4 is 0 Å². The van der Waals surface area contributed by atoms with E-state index in [2.05, 4.69) is 15.9 Å². The number of nitro groups is 1. The number of carbonyl (C=O) groups is 1. The minimum Gasteiger partial charge on any atom is -0.383 e. The summed E-state index contributed by atoms with van der Waals surface area (Å²) in [6.07, 6.45) is 1.59. The lowest BCUT2D eigenvalue weighted by Crippen LogP contribution is -2.10. The first kappa shape index (κ1) is 14.4. The highest BCUT2D eigenvalue weighted by Gasteiger charge is 2.20. The zero-order chi connectivity index (χ0) is 13.7. The van der Waals surface area contributed by atoms with E-state index in [-0.39, 0.29) is 16.8 Å². The molecule has 0 aliphatic heterocycles. The summed E-state index contributed by atoms with van der Waals surface area (Å²) in [5.41, 5.74) is 0.588. The van der Waals surface area contributed by atoms with Gasteiger partial charge in [0.2, 0.25) is 0 Å². The van der Waals surface area contributed by atoms with Gasteiger partial charge in [-0.05, 0) is 6.07 Å². The first-order chi connectivity index (χ1) is 8.47. The molecule has 1 aromatic carbocycles. The SMILES string of the molecule is CN(C)C=C(C(=O)CBr)c1ccccc1[N+](=O)[O-]. The highest BCUT2D eigenvalue weighted by atomic mass is 79.9. The van der Waals surface area contributed by atoms with Crippen LogP contribution in [-0.4, -0.2) is 35.0 Å². The summed E-state index contributed by atoms with van der Waals surface area (Å²) in [5.74, 6) is -0.196. The van der Waals surface area contributed by atoms with Gasteiger partial charge in [0.1, 0.15) is 0 Å². The molecule has 0 unspecified atom stereocenters. The smallest absolute Gasteiger partial charge is 0.277 e. The molecule has 1 aromatic rings. The largest absolute Gasteiger partial charge is 0.383 e. The van der Waals surface area contributed by atoms with Crippen molar-refractivity contribution in [2.24, 2.45) is 0 Å². The molecule has 1 rings (SSSR count). The normalized spacial score (nSPS) is 11.2. The summed E-state index contributed by atoms with van der Waals surface area (Å²) in [4.78, 5) is 24.0. The third kappa shape index (κ3) is 3.40. The number of rotatable bonds is 5. The second-order valence-electron chi connectivity index (χ2n) is 3.84. The van der Waals surface area contributed by atoms with Crippen LogP contribution in [0, 0.1) is 10.1 Å². The molecule has 0 atom stereocenters. The van der Waals surface area contributed by atoms with Gasteiger partial charge in [0, 0.05) is 31.9 Å². The highest BCUT2D eigenvalue weighted by molar-refractivity contribution is 9.09. The molecule has 0 N–H and O–H groups in total. The Balaban J connectivity index is 3.39. The molecular weight excluding hydrogens is 300 g/mol. The van der Waals surface area contributed by atoms with E-state index in [1.165, 1.54) is 6.07 Å². The molecule has 96 valence electrons. The predicted octanol–water partition coefficient (Wildman–Crippen LogP) is 2.46. The third-order valence-corrected chi connectivity index (χ3v) is 2.71. The van der Waals surface area contributed by atoms with E-state index in [4.69, 9.17) is 0 Å². The highest BCUT2D eigenvalue weighted by Crippen LogP contribution is 2.26. The Hall–Kier alpha value is -1.69. The maximum Gasteiger partial charge on any atom is 0.277 e. The van der Waals surface area contributed by atoms with Crippen LogP contribution in [0.25, 0.3) is 5.57 Å². The van der Waals surface area contributed by atoms with Crippen LogP contribution >= 0.6 is 15.9 Å². The number of Topliss-reactive ketones (excluding diaryl/α,β-unsaturated/α-hetero) is 1. The van der Waals surface area contributed by atoms with E-state index in [1.54, 1.807) is 43.4 Å². The van der Waals surface area contributed by atoms with E-state index >= 15 is 0 Å². The van der Waals surface area contributed by atoms with Crippen LogP contribution in [-0.2, 0) is 4.79 Å². The van der Waals surface area contributed by atoms with Crippen molar-refractivity contribution in [2.45, 2.75) is 0 Å². The van der Waals surface area contributed by atoms with Crippen molar-refractivity contribution in [3.8, 4) is 0 Å². The summed E-state index contributed by atoms with van der Waals surface area (Å²) >= 11 is 3.09. The van der Waals surface area contributed by atoms with Gasteiger partial charge in [-0.1, -0.05) is 28.1 Å². The number of para-hydroxylation sites is 1. The van der Waals surface area contributed by atoms with Crippen molar-refractivity contribution in [3.63, 3.8) is 0 Å². The number of nitro benzene ring substituents is 1. The standard InChI is InChI=1S/C12H13BrN2O3/c1-14(2)8-10(12(16)7-13)9-5-3-4-6-11(9)15(17)18/h3-6,8H,7H2,1-2H3. The summed E-state index contributed by atoms with van der Waals surface area (Å²) < 4.78 is 0. The molecule has 0 aromatic heterocycles. The number of benzene rings is 1. The summed E-state index contributed by atoms with van der Waals surface area (Å²) in [6.45, 7) is 0. The van der Waals surface area contributed by atoms with Crippen LogP contribution in [0.4, 0.5) is 5.69 Å². The molecule has 0 radical (unpaired) electrons. The molecule has 5 nitrogen and oxygen atoms in total. The van der Waals surface area contributed by atoms with Crippen molar-refractivity contribution in [2.75, 3.05) is 19.4 Å². The number of allylic oxidation sites excluding steroid dienone is 1. The topological polar surface area (TPSA) is 63.5 Å². The number of alkyl halides is 1. The summed E-state index contributed by atoms with van der Waals surface area (Å²) in [7, 11) is 3.52. The van der Waals surface area contributed by atoms with Crippen molar-refractivity contribution in [1.82, 2.24) is 4.90 Å². The molecule has 0 aliphatic carbocycles. The van der Waals surface area contributed by atoms with Crippen LogP contribution in [0.3, 0.4) is 0 Å². The van der Waals surface area contributed by atoms with Crippen molar-refractivity contribution in [3.05, 3.63) is 46.1 Å². The zero-order valence-electron chi connectivity index (χ0n) is 10.1. The Morgan fingerprint density at radius 3 is 2.56 bits per heavy atom. The second kappa shape index (κ2) is 6.30. The van der Waals surface area contributed by atoms with Crippen LogP contribution in [0.2, 0.25) is 0 Å². The zero-order valence-corrected chi connectivity index (χ0v) is 11.7. The first-order valence-corrected chi connectivity index (χ1v) is 6.30. The maximum absolute atomic E-state index is 11.9. The number of hydrogen-bond donors (Lipinski definition) is 0. The van der Waals surface area contributed by atoms with Crippen molar-refractivity contribution >= 4 is 33.0 Å². The van der Waals surface area contributed by atoms with Gasteiger partial charge in [-0.15, -0.1) is 0 Å². The lowest BCUT2D eigenvalue weighted by molar-refractivity contribution is -0.385. The van der Waals surface area contributed by atoms with Gasteiger partial charge >= 0.3 is 0 Å². The first-order valence-electron chi connectivity index (χ1n) is 5.18. The van der Waals surface area contributed by atoms with Crippen molar-refractivity contribution in [1.29, 1.82) is 0 Å². The molecule has 0 amide bonds. The minimum atomic E-state index is -0.486. The molecule has 6 heteroatoms. The molecule has 18 heavy (non-hydrogen) atoms. The third-order valence-electron chi connectivity index (χ3n) is 2.20. The fourth-order valence-corrected chi connectivity index (χ4v) is 1.78. The maximum atomic E-state index is 11.9. The van der Waals surface area contributed by atoms with Crippen LogP contribution in [0.15, 0.2) is 30.5 Å². The van der Waals surface area contributed by atoms with E-state index < -0.39 is 4.92 Å². The summed E-state index contributed by atoms with van der Waals surface area (Å²) in [5, 5.41) is 11.1. The van der Waals surface area contributed by atoms with Gasteiger partial charge in [0.25, 0.3) is 5.69 Å².